The highest BCUT2D eigenvalue weighted by Gasteiger charge is 2.36. The Morgan fingerprint density at radius 3 is 2.36 bits per heavy atom. The molecule has 0 radical (unpaired) electrons. The van der Waals surface area contributed by atoms with E-state index in [1.807, 2.05) is 0 Å². The molecule has 1 unspecified atom stereocenters. The van der Waals surface area contributed by atoms with Crippen LogP contribution < -0.4 is 5.32 Å². The number of nitrogens with one attached hydrogen (secondary N) is 1. The summed E-state index contributed by atoms with van der Waals surface area (Å²) >= 11 is 0. The number of hydrogen-bond acceptors (Lipinski definition) is 4. The number of carbonyl (C=O) groups excluding carboxylic acids is 2. The molecule has 0 aliphatic rings. The Kier molecular flexibility index (Phi) is 6.15. The summed E-state index contributed by atoms with van der Waals surface area (Å²) < 4.78 is 41.2. The third kappa shape index (κ3) is 5.59. The molecular formula is C15H16F3NO3. The smallest absolute Gasteiger partial charge is 0.454 e. The third-order valence-electron chi connectivity index (χ3n) is 2.80. The van der Waals surface area contributed by atoms with Gasteiger partial charge in [-0.3, -0.25) is 4.79 Å². The Hall–Kier alpha value is -2.31. The molecule has 22 heavy (non-hydrogen) atoms. The van der Waals surface area contributed by atoms with Gasteiger partial charge < -0.3 is 10.1 Å². The summed E-state index contributed by atoms with van der Waals surface area (Å²) in [6.07, 6.45) is -4.30. The molecule has 4 nitrogen and oxygen atoms in total. The predicted molar refractivity (Wildman–Crippen MR) is 73.9 cm³/mol. The van der Waals surface area contributed by atoms with Crippen molar-refractivity contribution in [1.82, 2.24) is 5.32 Å². The average Bonchev–Trinajstić information content (AvgIpc) is 2.45. The lowest BCUT2D eigenvalue weighted by atomic mass is 10.1. The summed E-state index contributed by atoms with van der Waals surface area (Å²) in [5.41, 5.74) is 0.744. The molecule has 0 aromatic heterocycles. The molecule has 1 atom stereocenters. The molecule has 0 aliphatic carbocycles. The highest BCUT2D eigenvalue weighted by molar-refractivity contribution is 5.94. The monoisotopic (exact) mass is 315 g/mol. The number of ketones is 1. The first-order valence-corrected chi connectivity index (χ1v) is 6.41. The van der Waals surface area contributed by atoms with E-state index in [9.17, 15) is 22.8 Å². The molecule has 0 heterocycles. The van der Waals surface area contributed by atoms with Crippen molar-refractivity contribution in [3.63, 3.8) is 0 Å². The quantitative estimate of drug-likeness (QED) is 0.647. The second-order valence-electron chi connectivity index (χ2n) is 4.60. The largest absolute Gasteiger partial charge is 0.467 e. The van der Waals surface area contributed by atoms with Gasteiger partial charge in [0.1, 0.15) is 6.04 Å². The first kappa shape index (κ1) is 17.7. The molecule has 7 heteroatoms. The predicted octanol–water partition coefficient (Wildman–Crippen LogP) is 2.40. The second kappa shape index (κ2) is 7.63. The van der Waals surface area contributed by atoms with Crippen LogP contribution in [0.4, 0.5) is 13.2 Å². The van der Waals surface area contributed by atoms with Crippen molar-refractivity contribution < 1.29 is 27.5 Å². The minimum Gasteiger partial charge on any atom is -0.467 e. The summed E-state index contributed by atoms with van der Waals surface area (Å²) in [6.45, 7) is 1.28. The first-order valence-electron chi connectivity index (χ1n) is 6.41. The summed E-state index contributed by atoms with van der Waals surface area (Å²) in [5.74, 6) is -2.61. The zero-order chi connectivity index (χ0) is 16.8. The van der Waals surface area contributed by atoms with Crippen molar-refractivity contribution in [3.8, 4) is 0 Å². The van der Waals surface area contributed by atoms with Gasteiger partial charge in [0.25, 0.3) is 5.78 Å². The maximum absolute atomic E-state index is 12.2. The van der Waals surface area contributed by atoms with Gasteiger partial charge in [0, 0.05) is 18.2 Å². The molecule has 0 saturated heterocycles. The lowest BCUT2D eigenvalue weighted by Gasteiger charge is -2.18. The Labute approximate surface area is 126 Å². The van der Waals surface area contributed by atoms with E-state index >= 15 is 0 Å². The van der Waals surface area contributed by atoms with E-state index in [2.05, 4.69) is 10.1 Å². The van der Waals surface area contributed by atoms with Crippen LogP contribution in [0.25, 0.3) is 0 Å². The molecule has 0 spiro atoms. The zero-order valence-corrected chi connectivity index (χ0v) is 12.1. The molecule has 1 aromatic carbocycles. The molecule has 0 aliphatic heterocycles. The van der Waals surface area contributed by atoms with E-state index < -0.39 is 24.0 Å². The van der Waals surface area contributed by atoms with Crippen molar-refractivity contribution in [2.24, 2.45) is 0 Å². The fraction of sp³-hybridized carbons (Fsp3) is 0.333. The van der Waals surface area contributed by atoms with E-state index in [0.717, 1.165) is 5.56 Å². The van der Waals surface area contributed by atoms with E-state index in [-0.39, 0.29) is 12.1 Å². The number of allylic oxidation sites excluding steroid dienone is 2. The third-order valence-corrected chi connectivity index (χ3v) is 2.80. The van der Waals surface area contributed by atoms with E-state index in [4.69, 9.17) is 0 Å². The molecule has 1 N–H and O–H groups in total. The molecule has 0 amide bonds. The normalized spacial score (nSPS) is 13.4. The lowest BCUT2D eigenvalue weighted by molar-refractivity contribution is -0.165. The number of halogens is 3. The Balaban J connectivity index is 2.84. The van der Waals surface area contributed by atoms with Crippen LogP contribution in [0.1, 0.15) is 12.5 Å². The SMILES string of the molecule is COC(=O)C(Cc1ccccc1)N/C(C)=C/C(=O)C(F)(F)F. The van der Waals surface area contributed by atoms with E-state index in [1.54, 1.807) is 30.3 Å². The summed E-state index contributed by atoms with van der Waals surface area (Å²) in [7, 11) is 1.18. The number of esters is 1. The van der Waals surface area contributed by atoms with Gasteiger partial charge in [-0.1, -0.05) is 30.3 Å². The van der Waals surface area contributed by atoms with Crippen molar-refractivity contribution in [2.75, 3.05) is 7.11 Å². The van der Waals surface area contributed by atoms with Crippen LogP contribution in [0.15, 0.2) is 42.1 Å². The van der Waals surface area contributed by atoms with Crippen LogP contribution in [0.3, 0.4) is 0 Å². The maximum Gasteiger partial charge on any atom is 0.454 e. The van der Waals surface area contributed by atoms with Gasteiger partial charge in [-0.15, -0.1) is 0 Å². The van der Waals surface area contributed by atoms with Crippen LogP contribution in [0.2, 0.25) is 0 Å². The summed E-state index contributed by atoms with van der Waals surface area (Å²) in [6, 6.07) is 8.02. The molecular weight excluding hydrogens is 299 g/mol. The number of rotatable bonds is 6. The number of benzene rings is 1. The Morgan fingerprint density at radius 1 is 1.27 bits per heavy atom. The highest BCUT2D eigenvalue weighted by atomic mass is 19.4. The number of hydrogen-bond donors (Lipinski definition) is 1. The molecule has 0 fully saturated rings. The van der Waals surface area contributed by atoms with Gasteiger partial charge in [-0.2, -0.15) is 13.2 Å². The van der Waals surface area contributed by atoms with Gasteiger partial charge in [0.05, 0.1) is 7.11 Å². The van der Waals surface area contributed by atoms with Crippen LogP contribution >= 0.6 is 0 Å². The first-order chi connectivity index (χ1) is 10.2. The molecule has 1 aromatic rings. The minimum absolute atomic E-state index is 0.0614. The van der Waals surface area contributed by atoms with Crippen LogP contribution in [-0.4, -0.2) is 31.1 Å². The van der Waals surface area contributed by atoms with Gasteiger partial charge in [0.2, 0.25) is 0 Å². The molecule has 0 bridgehead atoms. The summed E-state index contributed by atoms with van der Waals surface area (Å²) in [5, 5.41) is 2.58. The number of ether oxygens (including phenoxy) is 1. The maximum atomic E-state index is 12.2. The highest BCUT2D eigenvalue weighted by Crippen LogP contribution is 2.17. The molecule has 0 saturated carbocycles. The van der Waals surface area contributed by atoms with Crippen LogP contribution in [0.5, 0.6) is 0 Å². The van der Waals surface area contributed by atoms with Crippen LogP contribution in [-0.2, 0) is 20.7 Å². The Bertz CT molecular complexity index is 553. The van der Waals surface area contributed by atoms with Crippen molar-refractivity contribution in [2.45, 2.75) is 25.6 Å². The molecule has 120 valence electrons. The minimum atomic E-state index is -4.94. The topological polar surface area (TPSA) is 55.4 Å². The van der Waals surface area contributed by atoms with Crippen molar-refractivity contribution >= 4 is 11.8 Å². The lowest BCUT2D eigenvalue weighted by Crippen LogP contribution is -2.39. The Morgan fingerprint density at radius 2 is 1.86 bits per heavy atom. The zero-order valence-electron chi connectivity index (χ0n) is 12.1. The van der Waals surface area contributed by atoms with E-state index in [0.29, 0.717) is 6.08 Å². The van der Waals surface area contributed by atoms with Crippen molar-refractivity contribution in [1.29, 1.82) is 0 Å². The number of carbonyl (C=O) groups is 2. The summed E-state index contributed by atoms with van der Waals surface area (Å²) in [4.78, 5) is 22.6. The van der Waals surface area contributed by atoms with Crippen molar-refractivity contribution in [3.05, 3.63) is 47.7 Å². The average molecular weight is 315 g/mol. The number of methoxy groups -OCH3 is 1. The van der Waals surface area contributed by atoms with Gasteiger partial charge in [-0.05, 0) is 12.5 Å². The second-order valence-corrected chi connectivity index (χ2v) is 4.60. The molecule has 1 rings (SSSR count). The number of alkyl halides is 3. The van der Waals surface area contributed by atoms with E-state index in [1.165, 1.54) is 14.0 Å². The van der Waals surface area contributed by atoms with Gasteiger partial charge >= 0.3 is 12.1 Å². The standard InChI is InChI=1S/C15H16F3NO3/c1-10(8-13(20)15(16,17)18)19-12(14(21)22-2)9-11-6-4-3-5-7-11/h3-8,12,19H,9H2,1-2H3/b10-8+. The van der Waals surface area contributed by atoms with Gasteiger partial charge in [-0.25, -0.2) is 4.79 Å². The van der Waals surface area contributed by atoms with Gasteiger partial charge in [0.15, 0.2) is 0 Å². The fourth-order valence-electron chi connectivity index (χ4n) is 1.78. The van der Waals surface area contributed by atoms with Crippen LogP contribution in [0, 0.1) is 0 Å². The fourth-order valence-corrected chi connectivity index (χ4v) is 1.78.